The number of hydrogen-bond acceptors (Lipinski definition) is 6. The molecule has 1 saturated carbocycles. The highest BCUT2D eigenvalue weighted by atomic mass is 16.5. The fraction of sp³-hybridized carbons (Fsp3) is 0.591. The Morgan fingerprint density at radius 1 is 1.03 bits per heavy atom. The fourth-order valence-electron chi connectivity index (χ4n) is 5.07. The van der Waals surface area contributed by atoms with Crippen LogP contribution in [0.5, 0.6) is 0 Å². The van der Waals surface area contributed by atoms with Gasteiger partial charge in [0, 0.05) is 38.1 Å². The molecule has 2 aromatic rings. The summed E-state index contributed by atoms with van der Waals surface area (Å²) >= 11 is 0. The average molecular weight is 425 g/mol. The Morgan fingerprint density at radius 2 is 1.77 bits per heavy atom. The number of aromatic nitrogens is 4. The summed E-state index contributed by atoms with van der Waals surface area (Å²) in [6.07, 6.45) is 7.50. The molecule has 31 heavy (non-hydrogen) atoms. The van der Waals surface area contributed by atoms with Gasteiger partial charge in [-0.15, -0.1) is 5.10 Å². The minimum Gasteiger partial charge on any atom is -0.378 e. The van der Waals surface area contributed by atoms with Crippen LogP contribution in [0.4, 0.5) is 0 Å². The van der Waals surface area contributed by atoms with Crippen molar-refractivity contribution in [1.29, 1.82) is 0 Å². The van der Waals surface area contributed by atoms with Crippen molar-refractivity contribution in [2.45, 2.75) is 38.6 Å². The Balaban J connectivity index is 1.23. The molecule has 5 rings (SSSR count). The lowest BCUT2D eigenvalue weighted by Crippen LogP contribution is -2.51. The smallest absolute Gasteiger partial charge is 0.276 e. The zero-order chi connectivity index (χ0) is 21.4. The summed E-state index contributed by atoms with van der Waals surface area (Å²) in [5, 5.41) is 8.48. The zero-order valence-corrected chi connectivity index (χ0v) is 17.9. The van der Waals surface area contributed by atoms with Gasteiger partial charge in [0.2, 0.25) is 0 Å². The third-order valence-electron chi connectivity index (χ3n) is 7.17. The van der Waals surface area contributed by atoms with Crippen molar-refractivity contribution < 1.29 is 14.3 Å². The number of rotatable bonds is 3. The van der Waals surface area contributed by atoms with E-state index in [1.807, 2.05) is 28.6 Å². The van der Waals surface area contributed by atoms with Gasteiger partial charge in [-0.3, -0.25) is 14.6 Å². The van der Waals surface area contributed by atoms with E-state index >= 15 is 0 Å². The van der Waals surface area contributed by atoms with E-state index in [-0.39, 0.29) is 23.3 Å². The summed E-state index contributed by atoms with van der Waals surface area (Å²) in [6.45, 7) is 5.71. The number of amides is 2. The van der Waals surface area contributed by atoms with Gasteiger partial charge in [0.25, 0.3) is 11.8 Å². The second-order valence-corrected chi connectivity index (χ2v) is 8.89. The van der Waals surface area contributed by atoms with Crippen LogP contribution in [0.25, 0.3) is 0 Å². The van der Waals surface area contributed by atoms with Crippen LogP contribution in [0.15, 0.2) is 24.5 Å². The number of nitrogens with zero attached hydrogens (tertiary/aromatic N) is 6. The molecule has 0 aromatic carbocycles. The normalized spacial score (nSPS) is 22.9. The molecule has 0 radical (unpaired) electrons. The second kappa shape index (κ2) is 8.03. The van der Waals surface area contributed by atoms with Crippen molar-refractivity contribution in [3.8, 4) is 0 Å². The minimum atomic E-state index is -0.0740. The first kappa shape index (κ1) is 20.1. The van der Waals surface area contributed by atoms with E-state index in [0.717, 1.165) is 44.5 Å². The molecule has 1 unspecified atom stereocenters. The van der Waals surface area contributed by atoms with Gasteiger partial charge < -0.3 is 14.5 Å². The molecule has 0 N–H and O–H groups in total. The van der Waals surface area contributed by atoms with E-state index in [4.69, 9.17) is 4.74 Å². The Labute approximate surface area is 181 Å². The number of aryl methyl sites for hydroxylation is 1. The van der Waals surface area contributed by atoms with E-state index in [0.29, 0.717) is 37.6 Å². The highest BCUT2D eigenvalue weighted by Gasteiger charge is 2.50. The summed E-state index contributed by atoms with van der Waals surface area (Å²) in [5.41, 5.74) is 2.10. The van der Waals surface area contributed by atoms with Crippen LogP contribution < -0.4 is 0 Å². The molecule has 2 amide bonds. The molecule has 2 aromatic heterocycles. The summed E-state index contributed by atoms with van der Waals surface area (Å²) < 4.78 is 7.21. The maximum absolute atomic E-state index is 12.8. The first-order valence-corrected chi connectivity index (χ1v) is 11.1. The number of piperidine rings is 1. The van der Waals surface area contributed by atoms with Gasteiger partial charge in [-0.1, -0.05) is 5.21 Å². The lowest BCUT2D eigenvalue weighted by molar-refractivity contribution is -0.0268. The first-order chi connectivity index (χ1) is 15.1. The van der Waals surface area contributed by atoms with Crippen LogP contribution in [0, 0.1) is 12.3 Å². The molecule has 4 heterocycles. The number of morpholine rings is 1. The molecule has 1 aliphatic carbocycles. The van der Waals surface area contributed by atoms with E-state index in [1.54, 1.807) is 17.3 Å². The maximum atomic E-state index is 12.8. The summed E-state index contributed by atoms with van der Waals surface area (Å²) in [4.78, 5) is 33.5. The van der Waals surface area contributed by atoms with E-state index < -0.39 is 0 Å². The fourth-order valence-corrected chi connectivity index (χ4v) is 5.07. The van der Waals surface area contributed by atoms with Gasteiger partial charge in [0.05, 0.1) is 31.0 Å². The van der Waals surface area contributed by atoms with Gasteiger partial charge in [0.15, 0.2) is 5.69 Å². The maximum Gasteiger partial charge on any atom is 0.276 e. The Bertz CT molecular complexity index is 958. The first-order valence-electron chi connectivity index (χ1n) is 11.1. The number of carbonyl (C=O) groups is 2. The number of carbonyl (C=O) groups excluding carboxylic acids is 2. The van der Waals surface area contributed by atoms with Crippen LogP contribution in [0.3, 0.4) is 0 Å². The zero-order valence-electron chi connectivity index (χ0n) is 17.9. The molecule has 2 saturated heterocycles. The quantitative estimate of drug-likeness (QED) is 0.745. The average Bonchev–Trinajstić information content (AvgIpc) is 3.27. The number of hydrogen-bond donors (Lipinski definition) is 0. The number of pyridine rings is 1. The second-order valence-electron chi connectivity index (χ2n) is 8.89. The standard InChI is InChI=1S/C22H28N6O3/c1-16-2-3-17(14-23-16)20(29)26-8-6-22(7-9-26)5-4-19(22)28-15-18(24-25-28)21(30)27-10-12-31-13-11-27/h2-3,14-15,19H,4-13H2,1H3. The lowest BCUT2D eigenvalue weighted by Gasteiger charge is -2.53. The van der Waals surface area contributed by atoms with Gasteiger partial charge in [-0.05, 0) is 50.2 Å². The van der Waals surface area contributed by atoms with Crippen LogP contribution in [-0.2, 0) is 4.74 Å². The van der Waals surface area contributed by atoms with Gasteiger partial charge in [-0.25, -0.2) is 4.68 Å². The van der Waals surface area contributed by atoms with Crippen LogP contribution in [0.2, 0.25) is 0 Å². The predicted octanol–water partition coefficient (Wildman–Crippen LogP) is 1.71. The van der Waals surface area contributed by atoms with Crippen molar-refractivity contribution in [3.05, 3.63) is 41.5 Å². The van der Waals surface area contributed by atoms with E-state index in [1.165, 1.54) is 0 Å². The summed E-state index contributed by atoms with van der Waals surface area (Å²) in [6, 6.07) is 3.97. The molecular weight excluding hydrogens is 396 g/mol. The summed E-state index contributed by atoms with van der Waals surface area (Å²) in [5.74, 6) is -0.0209. The summed E-state index contributed by atoms with van der Waals surface area (Å²) in [7, 11) is 0. The molecule has 9 nitrogen and oxygen atoms in total. The molecular formula is C22H28N6O3. The van der Waals surface area contributed by atoms with Crippen LogP contribution in [-0.4, -0.2) is 81.0 Å². The van der Waals surface area contributed by atoms with E-state index in [2.05, 4.69) is 15.3 Å². The highest BCUT2D eigenvalue weighted by molar-refractivity contribution is 5.94. The highest BCUT2D eigenvalue weighted by Crippen LogP contribution is 2.56. The van der Waals surface area contributed by atoms with Crippen molar-refractivity contribution in [3.63, 3.8) is 0 Å². The number of ether oxygens (including phenoxy) is 1. The predicted molar refractivity (Wildman–Crippen MR) is 112 cm³/mol. The third-order valence-corrected chi connectivity index (χ3v) is 7.17. The van der Waals surface area contributed by atoms with Gasteiger partial charge >= 0.3 is 0 Å². The Kier molecular flexibility index (Phi) is 5.21. The van der Waals surface area contributed by atoms with Crippen molar-refractivity contribution >= 4 is 11.8 Å². The Morgan fingerprint density at radius 3 is 2.42 bits per heavy atom. The molecule has 164 valence electrons. The van der Waals surface area contributed by atoms with Crippen molar-refractivity contribution in [1.82, 2.24) is 29.8 Å². The molecule has 1 spiro atoms. The van der Waals surface area contributed by atoms with Crippen LogP contribution >= 0.6 is 0 Å². The number of likely N-dealkylation sites (tertiary alicyclic amines) is 1. The largest absolute Gasteiger partial charge is 0.378 e. The lowest BCUT2D eigenvalue weighted by atomic mass is 9.59. The molecule has 2 aliphatic heterocycles. The van der Waals surface area contributed by atoms with E-state index in [9.17, 15) is 9.59 Å². The SMILES string of the molecule is Cc1ccc(C(=O)N2CCC3(CCC3n3cc(C(=O)N4CCOCC4)nn3)CC2)cn1. The van der Waals surface area contributed by atoms with Gasteiger partial charge in [-0.2, -0.15) is 0 Å². The van der Waals surface area contributed by atoms with Crippen molar-refractivity contribution in [2.75, 3.05) is 39.4 Å². The third kappa shape index (κ3) is 3.71. The molecule has 1 atom stereocenters. The van der Waals surface area contributed by atoms with Gasteiger partial charge in [0.1, 0.15) is 0 Å². The molecule has 3 fully saturated rings. The topological polar surface area (TPSA) is 93.5 Å². The minimum absolute atomic E-state index is 0.0531. The molecule has 0 bridgehead atoms. The van der Waals surface area contributed by atoms with Crippen LogP contribution in [0.1, 0.15) is 58.3 Å². The Hall–Kier alpha value is -2.81. The van der Waals surface area contributed by atoms with Crippen molar-refractivity contribution in [2.24, 2.45) is 5.41 Å². The molecule has 3 aliphatic rings. The monoisotopic (exact) mass is 424 g/mol. The molecule has 9 heteroatoms.